The van der Waals surface area contributed by atoms with Crippen molar-refractivity contribution in [1.29, 1.82) is 0 Å². The third kappa shape index (κ3) is 6.94. The van der Waals surface area contributed by atoms with Gasteiger partial charge in [-0.1, -0.05) is 18.0 Å². The molecule has 116 valence electrons. The van der Waals surface area contributed by atoms with Gasteiger partial charge in [-0.25, -0.2) is 9.18 Å². The summed E-state index contributed by atoms with van der Waals surface area (Å²) in [6.45, 7) is 0.458. The van der Waals surface area contributed by atoms with Crippen molar-refractivity contribution in [1.82, 2.24) is 5.32 Å². The summed E-state index contributed by atoms with van der Waals surface area (Å²) in [5.74, 6) is -0.709. The standard InChI is InChI=1S/C14H18ClFN2O3/c1-21-13(19)5-3-2-4-8-17-14(20)18-12-9-10(16)6-7-11(12)15/h6-7,9H,2-5,8H2,1H3,(H2,17,18,20). The van der Waals surface area contributed by atoms with Gasteiger partial charge in [0, 0.05) is 13.0 Å². The molecule has 0 saturated carbocycles. The van der Waals surface area contributed by atoms with E-state index in [1.165, 1.54) is 19.2 Å². The molecule has 5 nitrogen and oxygen atoms in total. The van der Waals surface area contributed by atoms with Crippen LogP contribution in [0.5, 0.6) is 0 Å². The van der Waals surface area contributed by atoms with Gasteiger partial charge in [0.15, 0.2) is 0 Å². The number of anilines is 1. The van der Waals surface area contributed by atoms with E-state index in [0.29, 0.717) is 19.4 Å². The molecule has 0 unspecified atom stereocenters. The number of hydrogen-bond acceptors (Lipinski definition) is 3. The first-order valence-electron chi connectivity index (χ1n) is 6.59. The fourth-order valence-corrected chi connectivity index (χ4v) is 1.80. The van der Waals surface area contributed by atoms with E-state index in [1.807, 2.05) is 0 Å². The van der Waals surface area contributed by atoms with Crippen LogP contribution in [-0.4, -0.2) is 25.7 Å². The Morgan fingerprint density at radius 2 is 2.05 bits per heavy atom. The molecule has 1 aromatic rings. The summed E-state index contributed by atoms with van der Waals surface area (Å²) in [4.78, 5) is 22.5. The van der Waals surface area contributed by atoms with Crippen molar-refractivity contribution in [2.45, 2.75) is 25.7 Å². The van der Waals surface area contributed by atoms with Crippen LogP contribution in [0.25, 0.3) is 0 Å². The minimum absolute atomic E-state index is 0.222. The molecule has 0 aliphatic heterocycles. The van der Waals surface area contributed by atoms with E-state index in [-0.39, 0.29) is 16.7 Å². The van der Waals surface area contributed by atoms with Crippen LogP contribution in [-0.2, 0) is 9.53 Å². The molecule has 0 aliphatic carbocycles. The van der Waals surface area contributed by atoms with Gasteiger partial charge < -0.3 is 15.4 Å². The summed E-state index contributed by atoms with van der Waals surface area (Å²) in [5.41, 5.74) is 0.222. The zero-order chi connectivity index (χ0) is 15.7. The maximum atomic E-state index is 13.0. The third-order valence-electron chi connectivity index (χ3n) is 2.75. The van der Waals surface area contributed by atoms with Gasteiger partial charge in [0.25, 0.3) is 0 Å². The number of esters is 1. The van der Waals surface area contributed by atoms with Crippen molar-refractivity contribution in [3.8, 4) is 0 Å². The van der Waals surface area contributed by atoms with Crippen molar-refractivity contribution in [2.24, 2.45) is 0 Å². The lowest BCUT2D eigenvalue weighted by Gasteiger charge is -2.09. The molecule has 21 heavy (non-hydrogen) atoms. The Balaban J connectivity index is 2.20. The Morgan fingerprint density at radius 3 is 2.76 bits per heavy atom. The largest absolute Gasteiger partial charge is 0.469 e. The number of amides is 2. The molecule has 0 aromatic heterocycles. The Bertz CT molecular complexity index is 497. The molecule has 7 heteroatoms. The van der Waals surface area contributed by atoms with Crippen LogP contribution in [0.4, 0.5) is 14.9 Å². The maximum Gasteiger partial charge on any atom is 0.319 e. The van der Waals surface area contributed by atoms with Gasteiger partial charge in [0.2, 0.25) is 0 Å². The number of methoxy groups -OCH3 is 1. The summed E-state index contributed by atoms with van der Waals surface area (Å²) in [6.07, 6.45) is 2.63. The predicted octanol–water partition coefficient (Wildman–Crippen LogP) is 3.33. The number of carbonyl (C=O) groups excluding carboxylic acids is 2. The van der Waals surface area contributed by atoms with Crippen molar-refractivity contribution < 1.29 is 18.7 Å². The predicted molar refractivity (Wildman–Crippen MR) is 78.9 cm³/mol. The second-order valence-corrected chi connectivity index (χ2v) is 4.80. The molecule has 2 amide bonds. The van der Waals surface area contributed by atoms with Crippen LogP contribution in [0.3, 0.4) is 0 Å². The van der Waals surface area contributed by atoms with Gasteiger partial charge in [0.05, 0.1) is 17.8 Å². The Labute approximate surface area is 127 Å². The zero-order valence-corrected chi connectivity index (χ0v) is 12.5. The Morgan fingerprint density at radius 1 is 1.29 bits per heavy atom. The highest BCUT2D eigenvalue weighted by Gasteiger charge is 2.06. The molecule has 0 aliphatic rings. The topological polar surface area (TPSA) is 67.4 Å². The molecule has 0 spiro atoms. The van der Waals surface area contributed by atoms with Crippen LogP contribution >= 0.6 is 11.6 Å². The fraction of sp³-hybridized carbons (Fsp3) is 0.429. The third-order valence-corrected chi connectivity index (χ3v) is 3.08. The molecule has 0 atom stereocenters. The van der Waals surface area contributed by atoms with Gasteiger partial charge in [-0.15, -0.1) is 0 Å². The lowest BCUT2D eigenvalue weighted by Crippen LogP contribution is -2.29. The van der Waals surface area contributed by atoms with Gasteiger partial charge in [-0.05, 0) is 31.0 Å². The lowest BCUT2D eigenvalue weighted by molar-refractivity contribution is -0.140. The smallest absolute Gasteiger partial charge is 0.319 e. The van der Waals surface area contributed by atoms with Crippen LogP contribution in [0.15, 0.2) is 18.2 Å². The quantitative estimate of drug-likeness (QED) is 0.599. The van der Waals surface area contributed by atoms with Crippen molar-refractivity contribution in [2.75, 3.05) is 19.0 Å². The molecule has 0 heterocycles. The summed E-state index contributed by atoms with van der Waals surface area (Å²) in [5, 5.41) is 5.37. The number of carbonyl (C=O) groups is 2. The van der Waals surface area contributed by atoms with E-state index in [9.17, 15) is 14.0 Å². The molecule has 1 rings (SSSR count). The average Bonchev–Trinajstić information content (AvgIpc) is 2.46. The highest BCUT2D eigenvalue weighted by molar-refractivity contribution is 6.33. The molecule has 0 saturated heterocycles. The number of rotatable bonds is 7. The van der Waals surface area contributed by atoms with Gasteiger partial charge in [-0.2, -0.15) is 0 Å². The van der Waals surface area contributed by atoms with Crippen LogP contribution in [0.2, 0.25) is 5.02 Å². The normalized spacial score (nSPS) is 10.0. The molecular weight excluding hydrogens is 299 g/mol. The van der Waals surface area contributed by atoms with Gasteiger partial charge in [0.1, 0.15) is 5.82 Å². The highest BCUT2D eigenvalue weighted by atomic mass is 35.5. The molecule has 0 bridgehead atoms. The first kappa shape index (κ1) is 17.2. The van der Waals surface area contributed by atoms with Crippen LogP contribution in [0.1, 0.15) is 25.7 Å². The number of unbranched alkanes of at least 4 members (excludes halogenated alkanes) is 2. The highest BCUT2D eigenvalue weighted by Crippen LogP contribution is 2.22. The number of hydrogen-bond donors (Lipinski definition) is 2. The number of nitrogens with one attached hydrogen (secondary N) is 2. The number of ether oxygens (including phenoxy) is 1. The monoisotopic (exact) mass is 316 g/mol. The number of urea groups is 1. The zero-order valence-electron chi connectivity index (χ0n) is 11.7. The minimum Gasteiger partial charge on any atom is -0.469 e. The Hall–Kier alpha value is -1.82. The van der Waals surface area contributed by atoms with E-state index < -0.39 is 11.8 Å². The Kier molecular flexibility index (Phi) is 7.53. The first-order valence-corrected chi connectivity index (χ1v) is 6.97. The first-order chi connectivity index (χ1) is 10.0. The van der Waals surface area contributed by atoms with Crippen molar-refractivity contribution in [3.05, 3.63) is 29.0 Å². The molecular formula is C14H18ClFN2O3. The van der Waals surface area contributed by atoms with E-state index in [4.69, 9.17) is 11.6 Å². The van der Waals surface area contributed by atoms with Crippen LogP contribution < -0.4 is 10.6 Å². The second kappa shape index (κ2) is 9.18. The molecule has 2 N–H and O–H groups in total. The molecule has 0 radical (unpaired) electrons. The van der Waals surface area contributed by atoms with Crippen molar-refractivity contribution in [3.63, 3.8) is 0 Å². The van der Waals surface area contributed by atoms with Crippen molar-refractivity contribution >= 4 is 29.3 Å². The van der Waals surface area contributed by atoms with Crippen LogP contribution in [0, 0.1) is 5.82 Å². The van der Waals surface area contributed by atoms with Gasteiger partial charge in [-0.3, -0.25) is 4.79 Å². The second-order valence-electron chi connectivity index (χ2n) is 4.39. The van der Waals surface area contributed by atoms with E-state index >= 15 is 0 Å². The van der Waals surface area contributed by atoms with E-state index in [0.717, 1.165) is 18.9 Å². The summed E-state index contributed by atoms with van der Waals surface area (Å²) in [7, 11) is 1.35. The maximum absolute atomic E-state index is 13.0. The van der Waals surface area contributed by atoms with Gasteiger partial charge >= 0.3 is 12.0 Å². The van der Waals surface area contributed by atoms with E-state index in [1.54, 1.807) is 0 Å². The molecule has 1 aromatic carbocycles. The minimum atomic E-state index is -0.475. The SMILES string of the molecule is COC(=O)CCCCCNC(=O)Nc1cc(F)ccc1Cl. The summed E-state index contributed by atoms with van der Waals surface area (Å²) >= 11 is 5.83. The number of halogens is 2. The van der Waals surface area contributed by atoms with E-state index in [2.05, 4.69) is 15.4 Å². The lowest BCUT2D eigenvalue weighted by atomic mass is 10.2. The summed E-state index contributed by atoms with van der Waals surface area (Å²) in [6, 6.07) is 3.29. The number of benzene rings is 1. The summed E-state index contributed by atoms with van der Waals surface area (Å²) < 4.78 is 17.5. The molecule has 0 fully saturated rings. The average molecular weight is 317 g/mol. The fourth-order valence-electron chi connectivity index (χ4n) is 1.63.